The summed E-state index contributed by atoms with van der Waals surface area (Å²) in [5.41, 5.74) is 2.06. The van der Waals surface area contributed by atoms with Crippen molar-refractivity contribution in [3.8, 4) is 5.75 Å². The Morgan fingerprint density at radius 1 is 1.35 bits per heavy atom. The molecule has 1 atom stereocenters. The third kappa shape index (κ3) is 4.31. The molecule has 0 bridgehead atoms. The van der Waals surface area contributed by atoms with Gasteiger partial charge in [-0.25, -0.2) is 4.98 Å². The van der Waals surface area contributed by atoms with Gasteiger partial charge in [-0.1, -0.05) is 17.7 Å². The lowest BCUT2D eigenvalue weighted by Crippen LogP contribution is -2.47. The van der Waals surface area contributed by atoms with Gasteiger partial charge in [-0.3, -0.25) is 0 Å². The van der Waals surface area contributed by atoms with Gasteiger partial charge in [0.15, 0.2) is 0 Å². The fourth-order valence-electron chi connectivity index (χ4n) is 2.62. The number of nitrogens with zero attached hydrogens (tertiary/aromatic N) is 1. The molecular weight excluding hydrogens is 308 g/mol. The third-order valence-electron chi connectivity index (χ3n) is 4.46. The van der Waals surface area contributed by atoms with E-state index in [-0.39, 0.29) is 12.1 Å². The lowest BCUT2D eigenvalue weighted by molar-refractivity contribution is 0.153. The maximum atomic E-state index is 9.61. The Bertz CT molecular complexity index is 637. The average molecular weight is 332 g/mol. The summed E-state index contributed by atoms with van der Waals surface area (Å²) in [5, 5.41) is 16.1. The van der Waals surface area contributed by atoms with Crippen molar-refractivity contribution in [1.82, 2.24) is 10.3 Å². The van der Waals surface area contributed by atoms with E-state index in [1.165, 1.54) is 18.4 Å². The second kappa shape index (κ2) is 6.99. The Morgan fingerprint density at radius 3 is 2.74 bits per heavy atom. The van der Waals surface area contributed by atoms with Gasteiger partial charge in [0.1, 0.15) is 17.4 Å². The van der Waals surface area contributed by atoms with Crippen LogP contribution < -0.4 is 10.1 Å². The number of aliphatic hydroxyl groups is 1. The highest BCUT2D eigenvalue weighted by atomic mass is 32.1. The fraction of sp³-hybridized carbons (Fsp3) is 0.500. The molecule has 5 heteroatoms. The molecule has 1 saturated carbocycles. The minimum atomic E-state index is -0.178. The molecule has 1 aliphatic carbocycles. The monoisotopic (exact) mass is 332 g/mol. The normalized spacial score (nSPS) is 17.0. The minimum Gasteiger partial charge on any atom is -0.486 e. The summed E-state index contributed by atoms with van der Waals surface area (Å²) in [6.07, 6.45) is 2.41. The van der Waals surface area contributed by atoms with Crippen LogP contribution in [0.2, 0.25) is 0 Å². The first-order chi connectivity index (χ1) is 11.1. The summed E-state index contributed by atoms with van der Waals surface area (Å²) in [7, 11) is 0. The van der Waals surface area contributed by atoms with Gasteiger partial charge >= 0.3 is 0 Å². The maximum Gasteiger partial charge on any atom is 0.140 e. The summed E-state index contributed by atoms with van der Waals surface area (Å²) in [6, 6.07) is 8.04. The first kappa shape index (κ1) is 16.4. The number of aliphatic hydroxyl groups excluding tert-OH is 1. The molecule has 1 aromatic carbocycles. The molecule has 3 rings (SSSR count). The standard InChI is InChI=1S/C18H24N2O2S/c1-13-3-7-16(8-4-13)22-10-17-20-15(11-23-17)9-19-18(2,12-21)14-5-6-14/h3-4,7-8,11,14,19,21H,5-6,9-10,12H2,1-2H3. The first-order valence-electron chi connectivity index (χ1n) is 8.08. The van der Waals surface area contributed by atoms with Crippen LogP contribution in [0.25, 0.3) is 0 Å². The van der Waals surface area contributed by atoms with Crippen molar-refractivity contribution < 1.29 is 9.84 Å². The van der Waals surface area contributed by atoms with Gasteiger partial charge in [0.05, 0.1) is 12.3 Å². The van der Waals surface area contributed by atoms with Gasteiger partial charge in [0.2, 0.25) is 0 Å². The zero-order valence-electron chi connectivity index (χ0n) is 13.7. The largest absolute Gasteiger partial charge is 0.486 e. The molecule has 1 fully saturated rings. The molecule has 0 aliphatic heterocycles. The molecule has 0 amide bonds. The van der Waals surface area contributed by atoms with Gasteiger partial charge in [-0.05, 0) is 44.7 Å². The Hall–Kier alpha value is -1.43. The molecule has 124 valence electrons. The number of thiazole rings is 1. The average Bonchev–Trinajstić information content (AvgIpc) is 3.33. The van der Waals surface area contributed by atoms with Crippen LogP contribution in [0.5, 0.6) is 5.75 Å². The number of ether oxygens (including phenoxy) is 1. The van der Waals surface area contributed by atoms with Gasteiger partial charge in [0.25, 0.3) is 0 Å². The topological polar surface area (TPSA) is 54.4 Å². The third-order valence-corrected chi connectivity index (χ3v) is 5.33. The van der Waals surface area contributed by atoms with E-state index in [0.29, 0.717) is 19.1 Å². The van der Waals surface area contributed by atoms with Crippen LogP contribution in [-0.2, 0) is 13.2 Å². The number of benzene rings is 1. The van der Waals surface area contributed by atoms with Crippen LogP contribution in [0.4, 0.5) is 0 Å². The molecule has 4 nitrogen and oxygen atoms in total. The Labute approximate surface area is 141 Å². The number of aryl methyl sites for hydroxylation is 1. The molecule has 0 saturated heterocycles. The van der Waals surface area contributed by atoms with E-state index < -0.39 is 0 Å². The molecule has 23 heavy (non-hydrogen) atoms. The summed E-state index contributed by atoms with van der Waals surface area (Å²) in [4.78, 5) is 4.61. The van der Waals surface area contributed by atoms with Crippen molar-refractivity contribution in [2.24, 2.45) is 5.92 Å². The highest BCUT2D eigenvalue weighted by Crippen LogP contribution is 2.39. The van der Waals surface area contributed by atoms with E-state index in [2.05, 4.69) is 29.5 Å². The van der Waals surface area contributed by atoms with Gasteiger partial charge in [-0.15, -0.1) is 11.3 Å². The van der Waals surface area contributed by atoms with Gasteiger partial charge in [-0.2, -0.15) is 0 Å². The van der Waals surface area contributed by atoms with Crippen LogP contribution >= 0.6 is 11.3 Å². The quantitative estimate of drug-likeness (QED) is 0.779. The minimum absolute atomic E-state index is 0.172. The van der Waals surface area contributed by atoms with Crippen molar-refractivity contribution in [3.05, 3.63) is 45.9 Å². The highest BCUT2D eigenvalue weighted by molar-refractivity contribution is 7.09. The second-order valence-corrected chi connectivity index (χ2v) is 7.48. The number of nitrogens with one attached hydrogen (secondary N) is 1. The second-order valence-electron chi connectivity index (χ2n) is 6.54. The molecule has 1 heterocycles. The predicted octanol–water partition coefficient (Wildman–Crippen LogP) is 3.28. The van der Waals surface area contributed by atoms with Crippen LogP contribution in [0, 0.1) is 12.8 Å². The molecule has 2 aromatic rings. The number of hydrogen-bond donors (Lipinski definition) is 2. The summed E-state index contributed by atoms with van der Waals surface area (Å²) in [5.74, 6) is 1.46. The van der Waals surface area contributed by atoms with E-state index in [1.807, 2.05) is 24.3 Å². The van der Waals surface area contributed by atoms with E-state index in [1.54, 1.807) is 11.3 Å². The smallest absolute Gasteiger partial charge is 0.140 e. The fourth-order valence-corrected chi connectivity index (χ4v) is 3.32. The number of aromatic nitrogens is 1. The first-order valence-corrected chi connectivity index (χ1v) is 8.96. The van der Waals surface area contributed by atoms with Crippen molar-refractivity contribution in [3.63, 3.8) is 0 Å². The molecule has 0 spiro atoms. The van der Waals surface area contributed by atoms with Crippen LogP contribution in [0.1, 0.15) is 36.0 Å². The Balaban J connectivity index is 1.50. The van der Waals surface area contributed by atoms with Gasteiger partial charge in [0, 0.05) is 17.5 Å². The van der Waals surface area contributed by atoms with E-state index >= 15 is 0 Å². The lowest BCUT2D eigenvalue weighted by Gasteiger charge is -2.28. The van der Waals surface area contributed by atoms with Gasteiger partial charge < -0.3 is 15.2 Å². The zero-order valence-corrected chi connectivity index (χ0v) is 14.5. The zero-order chi connectivity index (χ0) is 16.3. The summed E-state index contributed by atoms with van der Waals surface area (Å²) < 4.78 is 5.76. The SMILES string of the molecule is Cc1ccc(OCc2nc(CNC(C)(CO)C3CC3)cs2)cc1. The Morgan fingerprint density at radius 2 is 2.09 bits per heavy atom. The maximum absolute atomic E-state index is 9.61. The highest BCUT2D eigenvalue weighted by Gasteiger charge is 2.40. The van der Waals surface area contributed by atoms with Crippen LogP contribution in [-0.4, -0.2) is 22.2 Å². The number of rotatable bonds is 8. The van der Waals surface area contributed by atoms with Crippen LogP contribution in [0.3, 0.4) is 0 Å². The number of hydrogen-bond acceptors (Lipinski definition) is 5. The van der Waals surface area contributed by atoms with E-state index in [0.717, 1.165) is 16.5 Å². The predicted molar refractivity (Wildman–Crippen MR) is 92.7 cm³/mol. The summed E-state index contributed by atoms with van der Waals surface area (Å²) in [6.45, 7) is 5.51. The van der Waals surface area contributed by atoms with Crippen molar-refractivity contribution in [2.45, 2.75) is 45.4 Å². The lowest BCUT2D eigenvalue weighted by atomic mass is 9.97. The van der Waals surface area contributed by atoms with E-state index in [9.17, 15) is 5.11 Å². The molecule has 1 unspecified atom stereocenters. The molecule has 1 aromatic heterocycles. The van der Waals surface area contributed by atoms with Crippen LogP contribution in [0.15, 0.2) is 29.6 Å². The van der Waals surface area contributed by atoms with E-state index in [4.69, 9.17) is 4.74 Å². The molecular formula is C18H24N2O2S. The molecule has 0 radical (unpaired) electrons. The molecule has 1 aliphatic rings. The summed E-state index contributed by atoms with van der Waals surface area (Å²) >= 11 is 1.62. The Kier molecular flexibility index (Phi) is 4.99. The van der Waals surface area contributed by atoms with Crippen molar-refractivity contribution >= 4 is 11.3 Å². The van der Waals surface area contributed by atoms with Crippen molar-refractivity contribution in [1.29, 1.82) is 0 Å². The van der Waals surface area contributed by atoms with Crippen molar-refractivity contribution in [2.75, 3.05) is 6.61 Å². The molecule has 2 N–H and O–H groups in total.